The number of rotatable bonds is 1. The molecular formula is C14H6ClF3INO. The molecule has 0 spiro atoms. The second kappa shape index (κ2) is 5.17. The second-order valence-electron chi connectivity index (χ2n) is 4.30. The van der Waals surface area contributed by atoms with Gasteiger partial charge in [0.05, 0.1) is 10.6 Å². The molecule has 1 aromatic heterocycles. The van der Waals surface area contributed by atoms with E-state index in [1.165, 1.54) is 12.1 Å². The van der Waals surface area contributed by atoms with Gasteiger partial charge in [0, 0.05) is 9.13 Å². The second-order valence-corrected chi connectivity index (χ2v) is 5.84. The minimum absolute atomic E-state index is 0.239. The van der Waals surface area contributed by atoms with Gasteiger partial charge in [0.15, 0.2) is 5.58 Å². The van der Waals surface area contributed by atoms with Crippen molar-refractivity contribution in [1.82, 2.24) is 4.98 Å². The lowest BCUT2D eigenvalue weighted by molar-refractivity contribution is -0.137. The first-order valence-electron chi connectivity index (χ1n) is 5.78. The zero-order valence-corrected chi connectivity index (χ0v) is 13.1. The molecular weight excluding hydrogens is 418 g/mol. The Labute approximate surface area is 136 Å². The van der Waals surface area contributed by atoms with Crippen LogP contribution in [-0.2, 0) is 6.18 Å². The SMILES string of the molecule is FC(F)(F)c1ccc(-c2nc3ccc(I)c(Cl)c3o2)cc1. The van der Waals surface area contributed by atoms with Crippen molar-refractivity contribution in [3.05, 3.63) is 50.6 Å². The van der Waals surface area contributed by atoms with E-state index >= 15 is 0 Å². The summed E-state index contributed by atoms with van der Waals surface area (Å²) >= 11 is 8.19. The molecule has 3 aromatic rings. The Bertz CT molecular complexity index is 811. The Morgan fingerprint density at radius 3 is 2.33 bits per heavy atom. The number of hydrogen-bond acceptors (Lipinski definition) is 2. The normalized spacial score (nSPS) is 12.0. The van der Waals surface area contributed by atoms with E-state index in [-0.39, 0.29) is 5.89 Å². The molecule has 0 radical (unpaired) electrons. The van der Waals surface area contributed by atoms with Gasteiger partial charge in [0.1, 0.15) is 5.52 Å². The predicted octanol–water partition coefficient (Wildman–Crippen LogP) is 5.77. The molecule has 1 heterocycles. The minimum atomic E-state index is -4.36. The maximum Gasteiger partial charge on any atom is 0.416 e. The van der Waals surface area contributed by atoms with E-state index in [1.54, 1.807) is 12.1 Å². The van der Waals surface area contributed by atoms with Crippen molar-refractivity contribution < 1.29 is 17.6 Å². The van der Waals surface area contributed by atoms with Crippen molar-refractivity contribution in [2.45, 2.75) is 6.18 Å². The molecule has 0 amide bonds. The molecule has 0 aliphatic heterocycles. The monoisotopic (exact) mass is 423 g/mol. The summed E-state index contributed by atoms with van der Waals surface area (Å²) in [4.78, 5) is 4.24. The van der Waals surface area contributed by atoms with Gasteiger partial charge >= 0.3 is 6.18 Å². The molecule has 0 saturated heterocycles. The summed E-state index contributed by atoms with van der Waals surface area (Å²) < 4.78 is 44.0. The van der Waals surface area contributed by atoms with Crippen LogP contribution in [-0.4, -0.2) is 4.98 Å². The maximum absolute atomic E-state index is 12.5. The fourth-order valence-corrected chi connectivity index (χ4v) is 2.48. The lowest BCUT2D eigenvalue weighted by atomic mass is 10.1. The van der Waals surface area contributed by atoms with E-state index < -0.39 is 11.7 Å². The van der Waals surface area contributed by atoms with Gasteiger partial charge in [-0.05, 0) is 59.0 Å². The number of aromatic nitrogens is 1. The number of alkyl halides is 3. The average molecular weight is 424 g/mol. The van der Waals surface area contributed by atoms with Crippen LogP contribution in [0.5, 0.6) is 0 Å². The van der Waals surface area contributed by atoms with Crippen molar-refractivity contribution in [2.24, 2.45) is 0 Å². The highest BCUT2D eigenvalue weighted by Gasteiger charge is 2.30. The van der Waals surface area contributed by atoms with Crippen LogP contribution < -0.4 is 0 Å². The molecule has 0 atom stereocenters. The molecule has 7 heteroatoms. The van der Waals surface area contributed by atoms with E-state index in [9.17, 15) is 13.2 Å². The van der Waals surface area contributed by atoms with Gasteiger partial charge < -0.3 is 4.42 Å². The molecule has 2 nitrogen and oxygen atoms in total. The fourth-order valence-electron chi connectivity index (χ4n) is 1.86. The van der Waals surface area contributed by atoms with Gasteiger partial charge in [-0.2, -0.15) is 13.2 Å². The van der Waals surface area contributed by atoms with Gasteiger partial charge in [-0.25, -0.2) is 4.98 Å². The third-order valence-corrected chi connectivity index (χ3v) is 4.50. The molecule has 0 aliphatic rings. The van der Waals surface area contributed by atoms with E-state index in [4.69, 9.17) is 16.0 Å². The van der Waals surface area contributed by atoms with Crippen LogP contribution in [0, 0.1) is 3.57 Å². The Kier molecular flexibility index (Phi) is 3.61. The quantitative estimate of drug-likeness (QED) is 0.464. The molecule has 3 rings (SSSR count). The molecule has 0 N–H and O–H groups in total. The van der Waals surface area contributed by atoms with Crippen molar-refractivity contribution in [3.63, 3.8) is 0 Å². The number of oxazole rings is 1. The Hall–Kier alpha value is -1.28. The van der Waals surface area contributed by atoms with Gasteiger partial charge in [0.2, 0.25) is 5.89 Å². The largest absolute Gasteiger partial charge is 0.434 e. The number of benzene rings is 2. The number of halogens is 5. The van der Waals surface area contributed by atoms with E-state index in [0.717, 1.165) is 15.7 Å². The first-order chi connectivity index (χ1) is 9.86. The van der Waals surface area contributed by atoms with E-state index in [1.807, 2.05) is 0 Å². The van der Waals surface area contributed by atoms with Crippen LogP contribution in [0.1, 0.15) is 5.56 Å². The van der Waals surface area contributed by atoms with Crippen LogP contribution in [0.3, 0.4) is 0 Å². The van der Waals surface area contributed by atoms with Gasteiger partial charge in [-0.15, -0.1) is 0 Å². The maximum atomic E-state index is 12.5. The number of hydrogen-bond donors (Lipinski definition) is 0. The fraction of sp³-hybridized carbons (Fsp3) is 0.0714. The summed E-state index contributed by atoms with van der Waals surface area (Å²) in [6, 6.07) is 8.19. The first kappa shape index (κ1) is 14.6. The number of nitrogens with zero attached hydrogens (tertiary/aromatic N) is 1. The Balaban J connectivity index is 2.06. The molecule has 0 bridgehead atoms. The standard InChI is InChI=1S/C14H6ClF3INO/c15-11-9(19)5-6-10-12(11)21-13(20-10)7-1-3-8(4-2-7)14(16,17)18/h1-6H. The van der Waals surface area contributed by atoms with Gasteiger partial charge in [-0.1, -0.05) is 11.6 Å². The zero-order valence-electron chi connectivity index (χ0n) is 10.2. The molecule has 0 saturated carbocycles. The molecule has 0 unspecified atom stereocenters. The van der Waals surface area contributed by atoms with Crippen LogP contribution >= 0.6 is 34.2 Å². The van der Waals surface area contributed by atoms with Crippen molar-refractivity contribution >= 4 is 45.3 Å². The molecule has 0 aliphatic carbocycles. The highest BCUT2D eigenvalue weighted by atomic mass is 127. The van der Waals surface area contributed by atoms with Gasteiger partial charge in [0.25, 0.3) is 0 Å². The minimum Gasteiger partial charge on any atom is -0.434 e. The summed E-state index contributed by atoms with van der Waals surface area (Å²) in [6.45, 7) is 0. The third-order valence-electron chi connectivity index (χ3n) is 2.91. The van der Waals surface area contributed by atoms with Crippen LogP contribution in [0.25, 0.3) is 22.6 Å². The first-order valence-corrected chi connectivity index (χ1v) is 7.24. The average Bonchev–Trinajstić information content (AvgIpc) is 2.87. The summed E-state index contributed by atoms with van der Waals surface area (Å²) in [5.41, 5.74) is 0.744. The Morgan fingerprint density at radius 2 is 1.71 bits per heavy atom. The van der Waals surface area contributed by atoms with E-state index in [2.05, 4.69) is 27.6 Å². The summed E-state index contributed by atoms with van der Waals surface area (Å²) in [7, 11) is 0. The zero-order chi connectivity index (χ0) is 15.2. The van der Waals surface area contributed by atoms with E-state index in [0.29, 0.717) is 21.7 Å². The lowest BCUT2D eigenvalue weighted by Gasteiger charge is -2.05. The molecule has 0 fully saturated rings. The molecule has 108 valence electrons. The van der Waals surface area contributed by atoms with Crippen molar-refractivity contribution in [3.8, 4) is 11.5 Å². The Morgan fingerprint density at radius 1 is 1.05 bits per heavy atom. The number of fused-ring (bicyclic) bond motifs is 1. The van der Waals surface area contributed by atoms with Crippen molar-refractivity contribution in [2.75, 3.05) is 0 Å². The topological polar surface area (TPSA) is 26.0 Å². The summed E-state index contributed by atoms with van der Waals surface area (Å²) in [6.07, 6.45) is -4.36. The molecule has 2 aromatic carbocycles. The van der Waals surface area contributed by atoms with Gasteiger partial charge in [-0.3, -0.25) is 0 Å². The summed E-state index contributed by atoms with van der Waals surface area (Å²) in [5.74, 6) is 0.239. The lowest BCUT2D eigenvalue weighted by Crippen LogP contribution is -2.03. The van der Waals surface area contributed by atoms with Crippen LogP contribution in [0.15, 0.2) is 40.8 Å². The summed E-state index contributed by atoms with van der Waals surface area (Å²) in [5, 5.41) is 0.443. The predicted molar refractivity (Wildman–Crippen MR) is 82.2 cm³/mol. The highest BCUT2D eigenvalue weighted by molar-refractivity contribution is 14.1. The third kappa shape index (κ3) is 2.74. The van der Waals surface area contributed by atoms with Crippen LogP contribution in [0.2, 0.25) is 5.02 Å². The van der Waals surface area contributed by atoms with Crippen molar-refractivity contribution in [1.29, 1.82) is 0 Å². The smallest absolute Gasteiger partial charge is 0.416 e. The molecule has 21 heavy (non-hydrogen) atoms. The highest BCUT2D eigenvalue weighted by Crippen LogP contribution is 2.34. The van der Waals surface area contributed by atoms with Crippen LogP contribution in [0.4, 0.5) is 13.2 Å².